The molecule has 0 atom stereocenters. The molecule has 110 valence electrons. The minimum atomic E-state index is 0.927. The molecule has 2 aromatic heterocycles. The molecule has 4 rings (SSSR count). The number of rotatable bonds is 5. The largest absolute Gasteiger partial charge is 0.361 e. The molecule has 0 aliphatic carbocycles. The van der Waals surface area contributed by atoms with Crippen molar-refractivity contribution < 1.29 is 0 Å². The molecule has 3 heteroatoms. The highest BCUT2D eigenvalue weighted by Gasteiger charge is 2.02. The summed E-state index contributed by atoms with van der Waals surface area (Å²) < 4.78 is 1.37. The molecule has 2 N–H and O–H groups in total. The van der Waals surface area contributed by atoms with Crippen LogP contribution in [-0.2, 0) is 13.0 Å². The van der Waals surface area contributed by atoms with Crippen molar-refractivity contribution in [2.24, 2.45) is 0 Å². The smallest absolute Gasteiger partial charge is 0.0456 e. The van der Waals surface area contributed by atoms with Crippen molar-refractivity contribution >= 4 is 32.3 Å². The standard InChI is InChI=1S/C19H18N2S/c1-2-4-18-17(3-1)16(13-21-18)7-9-20-12-14-5-6-15-8-10-22-19(15)11-14/h1-6,8,10-11,13,20-21H,7,9,12H2. The van der Waals surface area contributed by atoms with E-state index in [1.54, 1.807) is 0 Å². The Bertz CT molecular complexity index is 904. The van der Waals surface area contributed by atoms with Gasteiger partial charge in [-0.1, -0.05) is 30.3 Å². The molecule has 0 aliphatic rings. The number of aromatic nitrogens is 1. The topological polar surface area (TPSA) is 27.8 Å². The number of para-hydroxylation sites is 1. The van der Waals surface area contributed by atoms with Gasteiger partial charge in [-0.3, -0.25) is 0 Å². The van der Waals surface area contributed by atoms with Gasteiger partial charge in [0.25, 0.3) is 0 Å². The van der Waals surface area contributed by atoms with Gasteiger partial charge < -0.3 is 10.3 Å². The second-order valence-electron chi connectivity index (χ2n) is 5.58. The Labute approximate surface area is 133 Å². The molecule has 0 spiro atoms. The third-order valence-corrected chi connectivity index (χ3v) is 4.98. The summed E-state index contributed by atoms with van der Waals surface area (Å²) in [4.78, 5) is 3.34. The van der Waals surface area contributed by atoms with Crippen LogP contribution in [-0.4, -0.2) is 11.5 Å². The zero-order chi connectivity index (χ0) is 14.8. The van der Waals surface area contributed by atoms with Crippen LogP contribution in [0.1, 0.15) is 11.1 Å². The Kier molecular flexibility index (Phi) is 3.67. The van der Waals surface area contributed by atoms with Gasteiger partial charge in [0.2, 0.25) is 0 Å². The number of hydrogen-bond donors (Lipinski definition) is 2. The summed E-state index contributed by atoms with van der Waals surface area (Å²) in [7, 11) is 0. The number of fused-ring (bicyclic) bond motifs is 2. The molecule has 0 saturated heterocycles. The second kappa shape index (κ2) is 5.95. The molecule has 0 amide bonds. The average Bonchev–Trinajstić information content (AvgIpc) is 3.18. The maximum atomic E-state index is 3.55. The van der Waals surface area contributed by atoms with E-state index in [4.69, 9.17) is 0 Å². The van der Waals surface area contributed by atoms with Crippen molar-refractivity contribution in [3.8, 4) is 0 Å². The van der Waals surface area contributed by atoms with E-state index < -0.39 is 0 Å². The average molecular weight is 306 g/mol. The fraction of sp³-hybridized carbons (Fsp3) is 0.158. The summed E-state index contributed by atoms with van der Waals surface area (Å²) in [6, 6.07) is 17.4. The highest BCUT2D eigenvalue weighted by molar-refractivity contribution is 7.17. The zero-order valence-electron chi connectivity index (χ0n) is 12.3. The van der Waals surface area contributed by atoms with E-state index in [2.05, 4.69) is 70.4 Å². The summed E-state index contributed by atoms with van der Waals surface area (Å²) >= 11 is 1.81. The third kappa shape index (κ3) is 2.65. The highest BCUT2D eigenvalue weighted by Crippen LogP contribution is 2.22. The van der Waals surface area contributed by atoms with Crippen LogP contribution < -0.4 is 5.32 Å². The predicted octanol–water partition coefficient (Wildman–Crippen LogP) is 4.71. The summed E-state index contributed by atoms with van der Waals surface area (Å²) in [6.45, 7) is 1.92. The lowest BCUT2D eigenvalue weighted by atomic mass is 10.1. The molecule has 22 heavy (non-hydrogen) atoms. The summed E-state index contributed by atoms with van der Waals surface area (Å²) in [5.74, 6) is 0. The predicted molar refractivity (Wildman–Crippen MR) is 95.5 cm³/mol. The first-order valence-electron chi connectivity index (χ1n) is 7.62. The van der Waals surface area contributed by atoms with Gasteiger partial charge >= 0.3 is 0 Å². The molecule has 2 heterocycles. The van der Waals surface area contributed by atoms with Gasteiger partial charge in [0, 0.05) is 28.3 Å². The Morgan fingerprint density at radius 3 is 3.00 bits per heavy atom. The first-order chi connectivity index (χ1) is 10.9. The first-order valence-corrected chi connectivity index (χ1v) is 8.50. The van der Waals surface area contributed by atoms with Crippen molar-refractivity contribution in [3.63, 3.8) is 0 Å². The van der Waals surface area contributed by atoms with E-state index in [0.717, 1.165) is 19.5 Å². The lowest BCUT2D eigenvalue weighted by molar-refractivity contribution is 0.689. The maximum Gasteiger partial charge on any atom is 0.0456 e. The van der Waals surface area contributed by atoms with Gasteiger partial charge in [-0.05, 0) is 53.1 Å². The summed E-state index contributed by atoms with van der Waals surface area (Å²) in [5, 5.41) is 8.38. The molecular formula is C19H18N2S. The van der Waals surface area contributed by atoms with Crippen molar-refractivity contribution in [3.05, 3.63) is 71.2 Å². The van der Waals surface area contributed by atoms with Gasteiger partial charge in [-0.2, -0.15) is 0 Å². The molecule has 0 fully saturated rings. The maximum absolute atomic E-state index is 3.55. The summed E-state index contributed by atoms with van der Waals surface area (Å²) in [5.41, 5.74) is 3.96. The lowest BCUT2D eigenvalue weighted by Gasteiger charge is -2.05. The Balaban J connectivity index is 1.37. The van der Waals surface area contributed by atoms with E-state index >= 15 is 0 Å². The highest BCUT2D eigenvalue weighted by atomic mass is 32.1. The van der Waals surface area contributed by atoms with Gasteiger partial charge in [-0.15, -0.1) is 11.3 Å². The molecule has 0 radical (unpaired) electrons. The van der Waals surface area contributed by atoms with Crippen molar-refractivity contribution in [2.75, 3.05) is 6.54 Å². The number of benzene rings is 2. The minimum Gasteiger partial charge on any atom is -0.361 e. The second-order valence-corrected chi connectivity index (χ2v) is 6.53. The van der Waals surface area contributed by atoms with Crippen molar-refractivity contribution in [1.82, 2.24) is 10.3 Å². The van der Waals surface area contributed by atoms with Gasteiger partial charge in [-0.25, -0.2) is 0 Å². The number of aromatic amines is 1. The molecule has 0 saturated carbocycles. The Morgan fingerprint density at radius 1 is 1.05 bits per heavy atom. The minimum absolute atomic E-state index is 0.927. The van der Waals surface area contributed by atoms with Gasteiger partial charge in [0.05, 0.1) is 0 Å². The first kappa shape index (κ1) is 13.6. The molecule has 4 aromatic rings. The monoisotopic (exact) mass is 306 g/mol. The summed E-state index contributed by atoms with van der Waals surface area (Å²) in [6.07, 6.45) is 3.18. The van der Waals surface area contributed by atoms with Crippen LogP contribution in [0, 0.1) is 0 Å². The van der Waals surface area contributed by atoms with Crippen LogP contribution in [0.3, 0.4) is 0 Å². The van der Waals surface area contributed by atoms with Crippen LogP contribution in [0.4, 0.5) is 0 Å². The van der Waals surface area contributed by atoms with E-state index in [1.807, 2.05) is 11.3 Å². The van der Waals surface area contributed by atoms with E-state index in [1.165, 1.54) is 32.1 Å². The van der Waals surface area contributed by atoms with Crippen molar-refractivity contribution in [2.45, 2.75) is 13.0 Å². The molecule has 0 unspecified atom stereocenters. The third-order valence-electron chi connectivity index (χ3n) is 4.10. The zero-order valence-corrected chi connectivity index (χ0v) is 13.1. The van der Waals surface area contributed by atoms with Crippen LogP contribution in [0.2, 0.25) is 0 Å². The van der Waals surface area contributed by atoms with Crippen LogP contribution in [0.15, 0.2) is 60.1 Å². The number of hydrogen-bond acceptors (Lipinski definition) is 2. The van der Waals surface area contributed by atoms with Crippen LogP contribution >= 0.6 is 11.3 Å². The van der Waals surface area contributed by atoms with E-state index in [9.17, 15) is 0 Å². The molecule has 0 aliphatic heterocycles. The van der Waals surface area contributed by atoms with E-state index in [0.29, 0.717) is 0 Å². The number of H-pyrrole nitrogens is 1. The Hall–Kier alpha value is -2.10. The quantitative estimate of drug-likeness (QED) is 0.513. The molecule has 2 nitrogen and oxygen atoms in total. The van der Waals surface area contributed by atoms with Crippen LogP contribution in [0.25, 0.3) is 21.0 Å². The normalized spacial score (nSPS) is 11.5. The van der Waals surface area contributed by atoms with Gasteiger partial charge in [0.15, 0.2) is 0 Å². The fourth-order valence-electron chi connectivity index (χ4n) is 2.90. The van der Waals surface area contributed by atoms with E-state index in [-0.39, 0.29) is 0 Å². The molecule has 0 bridgehead atoms. The lowest BCUT2D eigenvalue weighted by Crippen LogP contribution is -2.16. The molecular weight excluding hydrogens is 288 g/mol. The van der Waals surface area contributed by atoms with Crippen LogP contribution in [0.5, 0.6) is 0 Å². The SMILES string of the molecule is c1ccc2c(CCNCc3ccc4ccsc4c3)c[nH]c2c1. The number of thiophene rings is 1. The van der Waals surface area contributed by atoms with Gasteiger partial charge in [0.1, 0.15) is 0 Å². The molecule has 2 aromatic carbocycles. The van der Waals surface area contributed by atoms with Crippen molar-refractivity contribution in [1.29, 1.82) is 0 Å². The Morgan fingerprint density at radius 2 is 2.00 bits per heavy atom. The fourth-order valence-corrected chi connectivity index (χ4v) is 3.76. The number of nitrogens with one attached hydrogen (secondary N) is 2.